The molecule has 2 fully saturated rings. The van der Waals surface area contributed by atoms with Gasteiger partial charge in [-0.15, -0.1) is 0 Å². The normalized spacial score (nSPS) is 30.4. The van der Waals surface area contributed by atoms with Gasteiger partial charge in [0, 0.05) is 17.6 Å². The minimum Gasteiger partial charge on any atom is -0.302 e. The van der Waals surface area contributed by atoms with E-state index in [0.717, 1.165) is 31.5 Å². The Morgan fingerprint density at radius 2 is 1.78 bits per heavy atom. The number of likely N-dealkylation sites (N-methyl/N-ethyl adjacent to an activating group) is 1. The second kappa shape index (κ2) is 7.07. The average Bonchev–Trinajstić information content (AvgIpc) is 2.52. The summed E-state index contributed by atoms with van der Waals surface area (Å²) in [4.78, 5) is 4.96. The third-order valence-electron chi connectivity index (χ3n) is 6.93. The molecule has 0 aromatic heterocycles. The first-order valence-electron chi connectivity index (χ1n) is 10.0. The van der Waals surface area contributed by atoms with Crippen LogP contribution in [-0.4, -0.2) is 48.1 Å². The third-order valence-corrected chi connectivity index (χ3v) is 6.93. The molecule has 1 atom stereocenters. The third kappa shape index (κ3) is 4.04. The zero-order valence-corrected chi connectivity index (χ0v) is 17.2. The minimum atomic E-state index is -4.26. The van der Waals surface area contributed by atoms with E-state index >= 15 is 0 Å². The van der Waals surface area contributed by atoms with Crippen LogP contribution in [-0.2, 0) is 6.18 Å². The lowest BCUT2D eigenvalue weighted by atomic mass is 9.60. The Bertz CT molecular complexity index is 656. The molecule has 0 radical (unpaired) electrons. The van der Waals surface area contributed by atoms with E-state index in [2.05, 4.69) is 44.7 Å². The van der Waals surface area contributed by atoms with Crippen molar-refractivity contribution in [1.82, 2.24) is 9.80 Å². The predicted octanol–water partition coefficient (Wildman–Crippen LogP) is 5.39. The summed E-state index contributed by atoms with van der Waals surface area (Å²) in [5, 5.41) is 0. The molecule has 1 heterocycles. The summed E-state index contributed by atoms with van der Waals surface area (Å²) < 4.78 is 39.1. The maximum Gasteiger partial charge on any atom is 0.416 e. The largest absolute Gasteiger partial charge is 0.416 e. The van der Waals surface area contributed by atoms with Crippen molar-refractivity contribution >= 4 is 0 Å². The fourth-order valence-corrected chi connectivity index (χ4v) is 5.00. The molecule has 0 spiro atoms. The van der Waals surface area contributed by atoms with Gasteiger partial charge in [-0.05, 0) is 90.6 Å². The smallest absolute Gasteiger partial charge is 0.302 e. The fraction of sp³-hybridized carbons (Fsp3) is 0.727. The van der Waals surface area contributed by atoms with Crippen molar-refractivity contribution in [2.45, 2.75) is 69.6 Å². The van der Waals surface area contributed by atoms with Gasteiger partial charge in [-0.3, -0.25) is 4.90 Å². The number of nitrogens with zero attached hydrogens (tertiary/aromatic N) is 2. The van der Waals surface area contributed by atoms with Crippen LogP contribution in [0, 0.1) is 5.92 Å². The molecular formula is C22H33F3N2. The van der Waals surface area contributed by atoms with E-state index in [1.807, 2.05) is 6.07 Å². The van der Waals surface area contributed by atoms with Gasteiger partial charge in [0.1, 0.15) is 0 Å². The number of rotatable bonds is 3. The van der Waals surface area contributed by atoms with Crippen molar-refractivity contribution in [3.05, 3.63) is 35.4 Å². The molecule has 27 heavy (non-hydrogen) atoms. The van der Waals surface area contributed by atoms with E-state index in [1.54, 1.807) is 6.07 Å². The zero-order valence-electron chi connectivity index (χ0n) is 17.2. The summed E-state index contributed by atoms with van der Waals surface area (Å²) in [7, 11) is 4.34. The Kier molecular flexibility index (Phi) is 5.41. The molecule has 3 rings (SSSR count). The van der Waals surface area contributed by atoms with E-state index in [-0.39, 0.29) is 17.0 Å². The van der Waals surface area contributed by atoms with Crippen LogP contribution in [0.15, 0.2) is 24.3 Å². The Balaban J connectivity index is 1.75. The zero-order chi connectivity index (χ0) is 20.0. The summed E-state index contributed by atoms with van der Waals surface area (Å²) in [5.41, 5.74) is 0.594. The van der Waals surface area contributed by atoms with Crippen molar-refractivity contribution in [2.24, 2.45) is 5.92 Å². The molecule has 1 saturated heterocycles. The highest BCUT2D eigenvalue weighted by atomic mass is 19.4. The lowest BCUT2D eigenvalue weighted by Gasteiger charge is -2.58. The van der Waals surface area contributed by atoms with Crippen LogP contribution in [0.25, 0.3) is 0 Å². The topological polar surface area (TPSA) is 6.48 Å². The monoisotopic (exact) mass is 382 g/mol. The number of hydrogen-bond acceptors (Lipinski definition) is 2. The molecule has 0 N–H and O–H groups in total. The van der Waals surface area contributed by atoms with E-state index in [0.29, 0.717) is 5.92 Å². The second-order valence-electron chi connectivity index (χ2n) is 9.68. The SMILES string of the molecule is CN(C)[C@]1(C2CC(c3cccc(C(F)(F)F)c3)C2)CCCN(C(C)(C)C)C1. The first-order chi connectivity index (χ1) is 12.4. The van der Waals surface area contributed by atoms with Gasteiger partial charge in [0.2, 0.25) is 0 Å². The van der Waals surface area contributed by atoms with Crippen molar-refractivity contribution in [3.63, 3.8) is 0 Å². The molecule has 5 heteroatoms. The summed E-state index contributed by atoms with van der Waals surface area (Å²) in [6.45, 7) is 8.98. The summed E-state index contributed by atoms with van der Waals surface area (Å²) >= 11 is 0. The minimum absolute atomic E-state index is 0.129. The molecule has 0 amide bonds. The Labute approximate surface area is 161 Å². The Hall–Kier alpha value is -1.07. The molecule has 1 aliphatic carbocycles. The number of benzene rings is 1. The summed E-state index contributed by atoms with van der Waals surface area (Å²) in [6.07, 6.45) is 0.0578. The van der Waals surface area contributed by atoms with Crippen molar-refractivity contribution < 1.29 is 13.2 Å². The van der Waals surface area contributed by atoms with Crippen LogP contribution < -0.4 is 0 Å². The van der Waals surface area contributed by atoms with Crippen LogP contribution in [0.4, 0.5) is 13.2 Å². The van der Waals surface area contributed by atoms with Gasteiger partial charge in [0.05, 0.1) is 5.56 Å². The van der Waals surface area contributed by atoms with Gasteiger partial charge in [0.15, 0.2) is 0 Å². The predicted molar refractivity (Wildman–Crippen MR) is 104 cm³/mol. The van der Waals surface area contributed by atoms with Crippen molar-refractivity contribution in [2.75, 3.05) is 27.2 Å². The first kappa shape index (κ1) is 20.7. The molecular weight excluding hydrogens is 349 g/mol. The standard InChI is InChI=1S/C22H33F3N2/c1-20(2,3)27-11-7-10-21(15-27,26(4)5)19-13-17(14-19)16-8-6-9-18(12-16)22(23,24)25/h6,8-9,12,17,19H,7,10-11,13-15H2,1-5H3/t17?,19?,21-/m1/s1. The van der Waals surface area contributed by atoms with Gasteiger partial charge in [-0.2, -0.15) is 13.2 Å². The molecule has 1 aromatic rings. The highest BCUT2D eigenvalue weighted by Crippen LogP contribution is 2.51. The molecule has 0 bridgehead atoms. The fourth-order valence-electron chi connectivity index (χ4n) is 5.00. The number of alkyl halides is 3. The molecule has 1 saturated carbocycles. The molecule has 1 aliphatic heterocycles. The Morgan fingerprint density at radius 1 is 1.11 bits per heavy atom. The van der Waals surface area contributed by atoms with Crippen LogP contribution in [0.1, 0.15) is 63.5 Å². The van der Waals surface area contributed by atoms with Gasteiger partial charge in [0.25, 0.3) is 0 Å². The van der Waals surface area contributed by atoms with E-state index in [4.69, 9.17) is 0 Å². The lowest BCUT2D eigenvalue weighted by molar-refractivity contribution is -0.137. The lowest BCUT2D eigenvalue weighted by Crippen LogP contribution is -2.65. The number of piperidine rings is 1. The maximum atomic E-state index is 13.0. The summed E-state index contributed by atoms with van der Waals surface area (Å²) in [5.74, 6) is 0.788. The quantitative estimate of drug-likeness (QED) is 0.691. The van der Waals surface area contributed by atoms with Gasteiger partial charge < -0.3 is 4.90 Å². The average molecular weight is 383 g/mol. The highest BCUT2D eigenvalue weighted by Gasteiger charge is 2.50. The van der Waals surface area contributed by atoms with Crippen molar-refractivity contribution in [3.8, 4) is 0 Å². The molecule has 2 aliphatic rings. The van der Waals surface area contributed by atoms with E-state index < -0.39 is 11.7 Å². The molecule has 0 unspecified atom stereocenters. The van der Waals surface area contributed by atoms with Crippen LogP contribution in [0.2, 0.25) is 0 Å². The van der Waals surface area contributed by atoms with Crippen LogP contribution >= 0.6 is 0 Å². The number of halogens is 3. The maximum absolute atomic E-state index is 13.0. The first-order valence-corrected chi connectivity index (χ1v) is 10.0. The van der Waals surface area contributed by atoms with Gasteiger partial charge in [-0.25, -0.2) is 0 Å². The number of likely N-dealkylation sites (tertiary alicyclic amines) is 1. The number of hydrogen-bond donors (Lipinski definition) is 0. The summed E-state index contributed by atoms with van der Waals surface area (Å²) in [6, 6.07) is 5.94. The Morgan fingerprint density at radius 3 is 2.33 bits per heavy atom. The highest BCUT2D eigenvalue weighted by molar-refractivity contribution is 5.30. The van der Waals surface area contributed by atoms with Gasteiger partial charge >= 0.3 is 6.18 Å². The van der Waals surface area contributed by atoms with Gasteiger partial charge in [-0.1, -0.05) is 18.2 Å². The van der Waals surface area contributed by atoms with E-state index in [1.165, 1.54) is 25.0 Å². The second-order valence-corrected chi connectivity index (χ2v) is 9.68. The molecule has 1 aromatic carbocycles. The van der Waals surface area contributed by atoms with Crippen LogP contribution in [0.3, 0.4) is 0 Å². The van der Waals surface area contributed by atoms with E-state index in [9.17, 15) is 13.2 Å². The van der Waals surface area contributed by atoms with Crippen molar-refractivity contribution in [1.29, 1.82) is 0 Å². The molecule has 2 nitrogen and oxygen atoms in total. The molecule has 152 valence electrons. The van der Waals surface area contributed by atoms with Crippen LogP contribution in [0.5, 0.6) is 0 Å².